The molecule has 0 amide bonds. The van der Waals surface area contributed by atoms with Crippen LogP contribution in [0.1, 0.15) is 69.6 Å². The molecule has 2 aromatic heterocycles. The van der Waals surface area contributed by atoms with E-state index in [-0.39, 0.29) is 23.3 Å². The van der Waals surface area contributed by atoms with E-state index >= 15 is 0 Å². The maximum atomic E-state index is 13.8. The molecule has 2 atom stereocenters. The number of aliphatic hydroxyl groups excluding tert-OH is 1. The average molecular weight is 517 g/mol. The molecule has 2 N–H and O–H groups in total. The molecule has 0 bridgehead atoms. The Morgan fingerprint density at radius 1 is 1.05 bits per heavy atom. The van der Waals surface area contributed by atoms with Crippen LogP contribution in [0.25, 0.3) is 22.5 Å². The number of benzene rings is 2. The first-order valence-corrected chi connectivity index (χ1v) is 13.0. The van der Waals surface area contributed by atoms with Crippen LogP contribution in [0.3, 0.4) is 0 Å². The highest BCUT2D eigenvalue weighted by Gasteiger charge is 2.26. The first kappa shape index (κ1) is 27.3. The lowest BCUT2D eigenvalue weighted by atomic mass is 9.85. The fraction of sp³-hybridized carbons (Fsp3) is 0.400. The highest BCUT2D eigenvalue weighted by molar-refractivity contribution is 5.80. The maximum Gasteiger partial charge on any atom is 0.439 e. The van der Waals surface area contributed by atoms with Crippen LogP contribution in [-0.2, 0) is 13.0 Å². The Kier molecular flexibility index (Phi) is 7.83. The van der Waals surface area contributed by atoms with E-state index in [9.17, 15) is 14.7 Å². The Labute approximate surface area is 222 Å². The number of nitrogens with one attached hydrogen (secondary N) is 1. The average Bonchev–Trinajstić information content (AvgIpc) is 3.33. The third kappa shape index (κ3) is 5.70. The van der Waals surface area contributed by atoms with Crippen LogP contribution in [-0.4, -0.2) is 30.9 Å². The Hall–Kier alpha value is -3.78. The number of hydrogen-bond donors (Lipinski definition) is 2. The number of aromatic amines is 1. The highest BCUT2D eigenvalue weighted by Crippen LogP contribution is 2.30. The number of aromatic nitrogens is 4. The van der Waals surface area contributed by atoms with E-state index < -0.39 is 11.9 Å². The van der Waals surface area contributed by atoms with Crippen molar-refractivity contribution in [1.29, 1.82) is 0 Å². The molecule has 2 aromatic carbocycles. The maximum absolute atomic E-state index is 13.8. The Balaban J connectivity index is 1.71. The van der Waals surface area contributed by atoms with Crippen LogP contribution in [0.2, 0.25) is 0 Å². The van der Waals surface area contributed by atoms with E-state index in [1.807, 2.05) is 76.2 Å². The molecule has 200 valence electrons. The van der Waals surface area contributed by atoms with E-state index in [2.05, 4.69) is 24.0 Å². The second kappa shape index (κ2) is 10.9. The summed E-state index contributed by atoms with van der Waals surface area (Å²) in [7, 11) is 0. The normalized spacial score (nSPS) is 13.4. The van der Waals surface area contributed by atoms with E-state index in [4.69, 9.17) is 9.51 Å². The SMILES string of the molecule is CCC(C)c1nc(C)c(CC(O)C(C)(C)C)c(=O)n1Cc1ccc(-c2ccccc2-c2noc(=O)[nH]2)cc1. The lowest BCUT2D eigenvalue weighted by molar-refractivity contribution is 0.0630. The summed E-state index contributed by atoms with van der Waals surface area (Å²) < 4.78 is 6.45. The molecular formula is C30H36N4O4. The summed E-state index contributed by atoms with van der Waals surface area (Å²) in [5, 5.41) is 14.6. The van der Waals surface area contributed by atoms with Crippen molar-refractivity contribution in [3.63, 3.8) is 0 Å². The third-order valence-electron chi connectivity index (χ3n) is 7.18. The summed E-state index contributed by atoms with van der Waals surface area (Å²) in [4.78, 5) is 32.7. The number of aryl methyl sites for hydroxylation is 1. The lowest BCUT2D eigenvalue weighted by Crippen LogP contribution is -2.35. The van der Waals surface area contributed by atoms with Crippen LogP contribution in [0, 0.1) is 12.3 Å². The highest BCUT2D eigenvalue weighted by atomic mass is 16.5. The number of aliphatic hydroxyl groups is 1. The van der Waals surface area contributed by atoms with E-state index in [1.165, 1.54) is 0 Å². The van der Waals surface area contributed by atoms with E-state index in [0.29, 0.717) is 23.6 Å². The van der Waals surface area contributed by atoms with Gasteiger partial charge in [0.15, 0.2) is 5.82 Å². The van der Waals surface area contributed by atoms with Gasteiger partial charge in [-0.1, -0.05) is 88.3 Å². The van der Waals surface area contributed by atoms with Crippen LogP contribution in [0.5, 0.6) is 0 Å². The van der Waals surface area contributed by atoms with Gasteiger partial charge in [-0.05, 0) is 35.4 Å². The van der Waals surface area contributed by atoms with E-state index in [0.717, 1.165) is 34.5 Å². The lowest BCUT2D eigenvalue weighted by Gasteiger charge is -2.27. The molecule has 0 saturated heterocycles. The summed E-state index contributed by atoms with van der Waals surface area (Å²) in [6, 6.07) is 15.6. The third-order valence-corrected chi connectivity index (χ3v) is 7.18. The van der Waals surface area contributed by atoms with Gasteiger partial charge in [-0.2, -0.15) is 0 Å². The van der Waals surface area contributed by atoms with Crippen molar-refractivity contribution >= 4 is 0 Å². The van der Waals surface area contributed by atoms with Crippen molar-refractivity contribution in [2.24, 2.45) is 5.41 Å². The second-order valence-corrected chi connectivity index (χ2v) is 11.0. The molecule has 0 fully saturated rings. The molecule has 4 rings (SSSR count). The number of H-pyrrole nitrogens is 1. The number of nitrogens with zero attached hydrogens (tertiary/aromatic N) is 3. The van der Waals surface area contributed by atoms with Gasteiger partial charge in [0.25, 0.3) is 5.56 Å². The number of rotatable bonds is 8. The summed E-state index contributed by atoms with van der Waals surface area (Å²) in [5.41, 5.74) is 4.36. The van der Waals surface area contributed by atoms with Crippen molar-refractivity contribution in [3.8, 4) is 22.5 Å². The molecule has 4 aromatic rings. The fourth-order valence-electron chi connectivity index (χ4n) is 4.43. The molecule has 2 unspecified atom stereocenters. The van der Waals surface area contributed by atoms with Gasteiger partial charge < -0.3 is 5.11 Å². The zero-order valence-corrected chi connectivity index (χ0v) is 22.9. The van der Waals surface area contributed by atoms with Crippen molar-refractivity contribution < 1.29 is 9.63 Å². The standard InChI is InChI=1S/C30H36N4O4/c1-7-18(2)27-31-19(3)24(16-25(35)30(4,5)6)28(36)34(27)17-20-12-14-21(15-13-20)22-10-8-9-11-23(22)26-32-29(37)38-33-26/h8-15,18,25,35H,7,16-17H2,1-6H3,(H,32,33,37). The molecule has 0 aliphatic heterocycles. The van der Waals surface area contributed by atoms with Gasteiger partial charge in [-0.3, -0.25) is 18.9 Å². The minimum Gasteiger partial charge on any atom is -0.392 e. The zero-order chi connectivity index (χ0) is 27.6. The monoisotopic (exact) mass is 516 g/mol. The molecule has 0 spiro atoms. The molecular weight excluding hydrogens is 480 g/mol. The first-order valence-electron chi connectivity index (χ1n) is 13.0. The first-order chi connectivity index (χ1) is 18.0. The smallest absolute Gasteiger partial charge is 0.392 e. The van der Waals surface area contributed by atoms with Gasteiger partial charge in [0.2, 0.25) is 0 Å². The van der Waals surface area contributed by atoms with Crippen molar-refractivity contribution in [2.75, 3.05) is 0 Å². The summed E-state index contributed by atoms with van der Waals surface area (Å²) in [6.45, 7) is 12.3. The Morgan fingerprint density at radius 3 is 2.29 bits per heavy atom. The van der Waals surface area contributed by atoms with Gasteiger partial charge in [-0.25, -0.2) is 9.78 Å². The van der Waals surface area contributed by atoms with Crippen LogP contribution >= 0.6 is 0 Å². The van der Waals surface area contributed by atoms with Crippen molar-refractivity contribution in [2.45, 2.75) is 73.0 Å². The molecule has 8 nitrogen and oxygen atoms in total. The van der Waals surface area contributed by atoms with Gasteiger partial charge in [0, 0.05) is 29.2 Å². The minimum atomic E-state index is -0.655. The molecule has 0 aliphatic rings. The van der Waals surface area contributed by atoms with Crippen LogP contribution in [0.4, 0.5) is 0 Å². The summed E-state index contributed by atoms with van der Waals surface area (Å²) >= 11 is 0. The van der Waals surface area contributed by atoms with Gasteiger partial charge >= 0.3 is 5.76 Å². The fourth-order valence-corrected chi connectivity index (χ4v) is 4.43. The molecule has 0 saturated carbocycles. The number of hydrogen-bond acceptors (Lipinski definition) is 6. The van der Waals surface area contributed by atoms with Crippen LogP contribution < -0.4 is 11.3 Å². The molecule has 0 radical (unpaired) electrons. The van der Waals surface area contributed by atoms with Crippen molar-refractivity contribution in [3.05, 3.63) is 92.1 Å². The topological polar surface area (TPSA) is 114 Å². The summed E-state index contributed by atoms with van der Waals surface area (Å²) in [5.74, 6) is 0.635. The van der Waals surface area contributed by atoms with Gasteiger partial charge in [-0.15, -0.1) is 0 Å². The zero-order valence-electron chi connectivity index (χ0n) is 22.9. The van der Waals surface area contributed by atoms with Crippen LogP contribution in [0.15, 0.2) is 62.6 Å². The molecule has 38 heavy (non-hydrogen) atoms. The minimum absolute atomic E-state index is 0.0968. The predicted molar refractivity (Wildman–Crippen MR) is 148 cm³/mol. The molecule has 8 heteroatoms. The Morgan fingerprint density at radius 2 is 1.71 bits per heavy atom. The van der Waals surface area contributed by atoms with Gasteiger partial charge in [0.1, 0.15) is 5.82 Å². The Bertz CT molecular complexity index is 1520. The molecule has 2 heterocycles. The van der Waals surface area contributed by atoms with E-state index in [1.54, 1.807) is 4.57 Å². The summed E-state index contributed by atoms with van der Waals surface area (Å²) in [6.07, 6.45) is 0.468. The molecule has 0 aliphatic carbocycles. The quantitative estimate of drug-likeness (QED) is 0.338. The second-order valence-electron chi connectivity index (χ2n) is 11.0. The van der Waals surface area contributed by atoms with Crippen molar-refractivity contribution in [1.82, 2.24) is 19.7 Å². The van der Waals surface area contributed by atoms with Gasteiger partial charge in [0.05, 0.1) is 12.6 Å². The largest absolute Gasteiger partial charge is 0.439 e. The predicted octanol–water partition coefficient (Wildman–Crippen LogP) is 5.07.